The summed E-state index contributed by atoms with van der Waals surface area (Å²) in [5, 5.41) is 8.63. The first-order valence-corrected chi connectivity index (χ1v) is 9.58. The van der Waals surface area contributed by atoms with Gasteiger partial charge in [-0.05, 0) is 44.4 Å². The molecule has 1 aliphatic carbocycles. The van der Waals surface area contributed by atoms with Crippen molar-refractivity contribution in [2.24, 2.45) is 17.8 Å². The minimum Gasteiger partial charge on any atom is -0.481 e. The second-order valence-electron chi connectivity index (χ2n) is 7.49. The fourth-order valence-electron chi connectivity index (χ4n) is 4.02. The van der Waals surface area contributed by atoms with Crippen molar-refractivity contribution in [2.75, 3.05) is 19.8 Å². The minimum absolute atomic E-state index is 0.308. The molecule has 1 saturated carbocycles. The molecule has 1 aliphatic heterocycles. The van der Waals surface area contributed by atoms with Gasteiger partial charge in [-0.3, -0.25) is 4.79 Å². The Morgan fingerprint density at radius 1 is 1.13 bits per heavy atom. The molecule has 134 valence electrons. The van der Waals surface area contributed by atoms with Gasteiger partial charge < -0.3 is 14.6 Å². The number of ether oxygens (including phenoxy) is 2. The highest BCUT2D eigenvalue weighted by atomic mass is 16.5. The molecule has 0 radical (unpaired) electrons. The molecule has 4 nitrogen and oxygen atoms in total. The number of hydrogen-bond acceptors (Lipinski definition) is 3. The molecule has 23 heavy (non-hydrogen) atoms. The van der Waals surface area contributed by atoms with Crippen molar-refractivity contribution in [1.82, 2.24) is 0 Å². The van der Waals surface area contributed by atoms with E-state index in [0.29, 0.717) is 24.4 Å². The number of rotatable bonds is 11. The van der Waals surface area contributed by atoms with E-state index in [0.717, 1.165) is 45.0 Å². The molecular weight excluding hydrogens is 292 g/mol. The topological polar surface area (TPSA) is 55.8 Å². The van der Waals surface area contributed by atoms with Gasteiger partial charge in [0.15, 0.2) is 0 Å². The van der Waals surface area contributed by atoms with E-state index in [9.17, 15) is 4.79 Å². The highest BCUT2D eigenvalue weighted by molar-refractivity contribution is 5.66. The third-order valence-corrected chi connectivity index (χ3v) is 5.68. The monoisotopic (exact) mass is 326 g/mol. The molecule has 3 atom stereocenters. The van der Waals surface area contributed by atoms with Gasteiger partial charge in [0, 0.05) is 18.9 Å². The van der Waals surface area contributed by atoms with Gasteiger partial charge >= 0.3 is 5.97 Å². The molecule has 2 fully saturated rings. The highest BCUT2D eigenvalue weighted by Gasteiger charge is 2.29. The lowest BCUT2D eigenvalue weighted by atomic mass is 9.91. The molecular formula is C19H34O4. The van der Waals surface area contributed by atoms with E-state index in [1.165, 1.54) is 38.5 Å². The summed E-state index contributed by atoms with van der Waals surface area (Å²) in [6.07, 6.45) is 11.5. The molecule has 1 N–H and O–H groups in total. The molecule has 0 aromatic carbocycles. The zero-order chi connectivity index (χ0) is 16.5. The first-order valence-electron chi connectivity index (χ1n) is 9.58. The van der Waals surface area contributed by atoms with Crippen molar-refractivity contribution in [3.8, 4) is 0 Å². The van der Waals surface area contributed by atoms with Crippen LogP contribution in [0.2, 0.25) is 0 Å². The molecule has 2 aliphatic rings. The Balaban J connectivity index is 1.56. The molecule has 0 aromatic rings. The van der Waals surface area contributed by atoms with Crippen molar-refractivity contribution < 1.29 is 19.4 Å². The molecule has 2 rings (SSSR count). The predicted molar refractivity (Wildman–Crippen MR) is 90.5 cm³/mol. The molecule has 0 bridgehead atoms. The SMILES string of the molecule is CC(OCC1COCC1CCCCCCC(=O)O)C1CCCC1. The Bertz CT molecular complexity index is 338. The number of carboxylic acids is 1. The van der Waals surface area contributed by atoms with Crippen LogP contribution in [-0.4, -0.2) is 37.0 Å². The summed E-state index contributed by atoms with van der Waals surface area (Å²) in [5.41, 5.74) is 0. The Morgan fingerprint density at radius 2 is 1.83 bits per heavy atom. The van der Waals surface area contributed by atoms with Gasteiger partial charge in [0.25, 0.3) is 0 Å². The van der Waals surface area contributed by atoms with E-state index < -0.39 is 5.97 Å². The molecule has 1 saturated heterocycles. The maximum absolute atomic E-state index is 10.5. The van der Waals surface area contributed by atoms with Crippen LogP contribution >= 0.6 is 0 Å². The normalized spacial score (nSPS) is 26.7. The van der Waals surface area contributed by atoms with Crippen LogP contribution in [0.15, 0.2) is 0 Å². The van der Waals surface area contributed by atoms with E-state index >= 15 is 0 Å². The zero-order valence-electron chi connectivity index (χ0n) is 14.7. The van der Waals surface area contributed by atoms with Crippen LogP contribution < -0.4 is 0 Å². The van der Waals surface area contributed by atoms with Gasteiger partial charge in [-0.25, -0.2) is 0 Å². The summed E-state index contributed by atoms with van der Waals surface area (Å²) in [7, 11) is 0. The number of hydrogen-bond donors (Lipinski definition) is 1. The Kier molecular flexibility index (Phi) is 8.38. The number of carboxylic acid groups (broad SMARTS) is 1. The lowest BCUT2D eigenvalue weighted by molar-refractivity contribution is -0.137. The molecule has 0 spiro atoms. The zero-order valence-corrected chi connectivity index (χ0v) is 14.7. The van der Waals surface area contributed by atoms with Crippen molar-refractivity contribution in [3.05, 3.63) is 0 Å². The van der Waals surface area contributed by atoms with Crippen LogP contribution in [0.1, 0.15) is 71.1 Å². The standard InChI is InChI=1S/C19H34O4/c1-15(16-8-6-7-9-16)23-14-18-13-22-12-17(18)10-4-2-3-5-11-19(20)21/h15-18H,2-14H2,1H3,(H,20,21). The van der Waals surface area contributed by atoms with E-state index in [-0.39, 0.29) is 0 Å². The van der Waals surface area contributed by atoms with E-state index in [4.69, 9.17) is 14.6 Å². The quantitative estimate of drug-likeness (QED) is 0.576. The summed E-state index contributed by atoms with van der Waals surface area (Å²) in [6.45, 7) is 4.81. The minimum atomic E-state index is -0.678. The fraction of sp³-hybridized carbons (Fsp3) is 0.947. The average molecular weight is 326 g/mol. The maximum atomic E-state index is 10.5. The van der Waals surface area contributed by atoms with Gasteiger partial charge in [0.1, 0.15) is 0 Å². The van der Waals surface area contributed by atoms with Crippen LogP contribution in [-0.2, 0) is 14.3 Å². The highest BCUT2D eigenvalue weighted by Crippen LogP contribution is 2.31. The van der Waals surface area contributed by atoms with E-state index in [1.54, 1.807) is 0 Å². The van der Waals surface area contributed by atoms with Crippen molar-refractivity contribution in [1.29, 1.82) is 0 Å². The summed E-state index contributed by atoms with van der Waals surface area (Å²) in [4.78, 5) is 10.5. The van der Waals surface area contributed by atoms with Crippen molar-refractivity contribution >= 4 is 5.97 Å². The average Bonchev–Trinajstić information content (AvgIpc) is 3.19. The molecule has 3 unspecified atom stereocenters. The van der Waals surface area contributed by atoms with Gasteiger partial charge in [0.2, 0.25) is 0 Å². The Hall–Kier alpha value is -0.610. The number of aliphatic carboxylic acids is 1. The van der Waals surface area contributed by atoms with Gasteiger partial charge in [-0.1, -0.05) is 32.1 Å². The van der Waals surface area contributed by atoms with Gasteiger partial charge in [-0.2, -0.15) is 0 Å². The first kappa shape index (κ1) is 18.7. The van der Waals surface area contributed by atoms with Crippen LogP contribution in [0.5, 0.6) is 0 Å². The summed E-state index contributed by atoms with van der Waals surface area (Å²) >= 11 is 0. The second-order valence-corrected chi connectivity index (χ2v) is 7.49. The van der Waals surface area contributed by atoms with Crippen LogP contribution in [0.4, 0.5) is 0 Å². The molecule has 0 amide bonds. The summed E-state index contributed by atoms with van der Waals surface area (Å²) in [6, 6.07) is 0. The second kappa shape index (κ2) is 10.3. The third-order valence-electron chi connectivity index (χ3n) is 5.68. The maximum Gasteiger partial charge on any atom is 0.303 e. The Labute approximate surface area is 140 Å². The molecule has 4 heteroatoms. The first-order chi connectivity index (χ1) is 11.2. The predicted octanol–water partition coefficient (Wildman–Crippen LogP) is 4.27. The largest absolute Gasteiger partial charge is 0.481 e. The van der Waals surface area contributed by atoms with Crippen LogP contribution in [0, 0.1) is 17.8 Å². The van der Waals surface area contributed by atoms with Crippen LogP contribution in [0.3, 0.4) is 0 Å². The third kappa shape index (κ3) is 6.80. The lowest BCUT2D eigenvalue weighted by Gasteiger charge is -2.23. The smallest absolute Gasteiger partial charge is 0.303 e. The summed E-state index contributed by atoms with van der Waals surface area (Å²) < 4.78 is 11.8. The fourth-order valence-corrected chi connectivity index (χ4v) is 4.02. The Morgan fingerprint density at radius 3 is 2.57 bits per heavy atom. The lowest BCUT2D eigenvalue weighted by Crippen LogP contribution is -2.25. The van der Waals surface area contributed by atoms with Gasteiger partial charge in [-0.15, -0.1) is 0 Å². The van der Waals surface area contributed by atoms with Crippen molar-refractivity contribution in [3.63, 3.8) is 0 Å². The number of carbonyl (C=O) groups is 1. The molecule has 0 aromatic heterocycles. The number of unbranched alkanes of at least 4 members (excludes halogenated alkanes) is 3. The van der Waals surface area contributed by atoms with Crippen molar-refractivity contribution in [2.45, 2.75) is 77.2 Å². The van der Waals surface area contributed by atoms with E-state index in [1.807, 2.05) is 0 Å². The van der Waals surface area contributed by atoms with Gasteiger partial charge in [0.05, 0.1) is 19.3 Å². The van der Waals surface area contributed by atoms with E-state index in [2.05, 4.69) is 6.92 Å². The molecule has 1 heterocycles. The summed E-state index contributed by atoms with van der Waals surface area (Å²) in [5.74, 6) is 1.27. The van der Waals surface area contributed by atoms with Crippen LogP contribution in [0.25, 0.3) is 0 Å².